The van der Waals surface area contributed by atoms with Crippen LogP contribution in [-0.2, 0) is 21.3 Å². The van der Waals surface area contributed by atoms with Crippen molar-refractivity contribution in [1.29, 1.82) is 0 Å². The molecule has 1 aromatic rings. The maximum atomic E-state index is 12.3. The van der Waals surface area contributed by atoms with E-state index in [0.717, 1.165) is 22.7 Å². The fraction of sp³-hybridized carbons (Fsp3) is 0.714. The highest BCUT2D eigenvalue weighted by atomic mass is 32.2. The third kappa shape index (κ3) is 6.44. The van der Waals surface area contributed by atoms with E-state index in [-0.39, 0.29) is 6.10 Å². The molecule has 0 radical (unpaired) electrons. The Bertz CT molecular complexity index is 524. The lowest BCUT2D eigenvalue weighted by Crippen LogP contribution is -2.28. The number of hydrogen-bond acceptors (Lipinski definition) is 5. The SMILES string of the molecule is CCCNCc1cc(S(=O)(=O)NCCOC(C)C)c(C)s1. The highest BCUT2D eigenvalue weighted by Crippen LogP contribution is 2.25. The van der Waals surface area contributed by atoms with Crippen LogP contribution in [-0.4, -0.2) is 34.2 Å². The normalized spacial score (nSPS) is 12.2. The first-order valence-electron chi connectivity index (χ1n) is 7.28. The van der Waals surface area contributed by atoms with Crippen LogP contribution < -0.4 is 10.0 Å². The van der Waals surface area contributed by atoms with Gasteiger partial charge in [0.25, 0.3) is 0 Å². The fourth-order valence-electron chi connectivity index (χ4n) is 1.81. The van der Waals surface area contributed by atoms with Gasteiger partial charge < -0.3 is 10.1 Å². The van der Waals surface area contributed by atoms with Crippen molar-refractivity contribution in [2.75, 3.05) is 19.7 Å². The van der Waals surface area contributed by atoms with Gasteiger partial charge in [0.1, 0.15) is 0 Å². The van der Waals surface area contributed by atoms with E-state index in [1.165, 1.54) is 11.3 Å². The molecular weight excluding hydrogens is 308 g/mol. The van der Waals surface area contributed by atoms with Crippen LogP contribution in [0.3, 0.4) is 0 Å². The van der Waals surface area contributed by atoms with Gasteiger partial charge in [0.05, 0.1) is 17.6 Å². The summed E-state index contributed by atoms with van der Waals surface area (Å²) in [5.41, 5.74) is 0. The molecule has 0 aliphatic carbocycles. The van der Waals surface area contributed by atoms with Crippen LogP contribution in [0.2, 0.25) is 0 Å². The second-order valence-electron chi connectivity index (χ2n) is 5.13. The third-order valence-electron chi connectivity index (χ3n) is 2.78. The van der Waals surface area contributed by atoms with Crippen LogP contribution in [0.4, 0.5) is 0 Å². The van der Waals surface area contributed by atoms with E-state index < -0.39 is 10.0 Å². The van der Waals surface area contributed by atoms with Gasteiger partial charge in [0.15, 0.2) is 0 Å². The van der Waals surface area contributed by atoms with Gasteiger partial charge >= 0.3 is 0 Å². The molecule has 122 valence electrons. The topological polar surface area (TPSA) is 67.4 Å². The van der Waals surface area contributed by atoms with Crippen LogP contribution >= 0.6 is 11.3 Å². The average Bonchev–Trinajstić information content (AvgIpc) is 2.77. The van der Waals surface area contributed by atoms with Crippen molar-refractivity contribution in [3.8, 4) is 0 Å². The van der Waals surface area contributed by atoms with Crippen LogP contribution in [0, 0.1) is 6.92 Å². The Balaban J connectivity index is 2.61. The molecule has 1 aromatic heterocycles. The van der Waals surface area contributed by atoms with Gasteiger partial charge in [-0.1, -0.05) is 6.92 Å². The minimum absolute atomic E-state index is 0.105. The Morgan fingerprint density at radius 3 is 2.67 bits per heavy atom. The van der Waals surface area contributed by atoms with Crippen molar-refractivity contribution < 1.29 is 13.2 Å². The summed E-state index contributed by atoms with van der Waals surface area (Å²) in [6, 6.07) is 1.76. The first-order valence-corrected chi connectivity index (χ1v) is 9.58. The smallest absolute Gasteiger partial charge is 0.241 e. The van der Waals surface area contributed by atoms with Crippen molar-refractivity contribution in [1.82, 2.24) is 10.0 Å². The summed E-state index contributed by atoms with van der Waals surface area (Å²) in [4.78, 5) is 2.24. The third-order valence-corrected chi connectivity index (χ3v) is 5.55. The quantitative estimate of drug-likeness (QED) is 0.644. The fourth-order valence-corrected chi connectivity index (χ4v) is 4.43. The van der Waals surface area contributed by atoms with Crippen molar-refractivity contribution in [3.63, 3.8) is 0 Å². The number of rotatable bonds is 10. The largest absolute Gasteiger partial charge is 0.377 e. The van der Waals surface area contributed by atoms with Gasteiger partial charge in [-0.05, 0) is 39.8 Å². The highest BCUT2D eigenvalue weighted by Gasteiger charge is 2.19. The van der Waals surface area contributed by atoms with Crippen molar-refractivity contribution in [2.45, 2.75) is 51.7 Å². The maximum absolute atomic E-state index is 12.3. The van der Waals surface area contributed by atoms with Crippen LogP contribution in [0.15, 0.2) is 11.0 Å². The number of ether oxygens (including phenoxy) is 1. The molecule has 0 amide bonds. The summed E-state index contributed by atoms with van der Waals surface area (Å²) in [5, 5.41) is 3.28. The Kier molecular flexibility index (Phi) is 7.83. The van der Waals surface area contributed by atoms with Gasteiger partial charge in [-0.3, -0.25) is 0 Å². The van der Waals surface area contributed by atoms with Crippen LogP contribution in [0.5, 0.6) is 0 Å². The zero-order valence-corrected chi connectivity index (χ0v) is 14.9. The average molecular weight is 335 g/mol. The standard InChI is InChI=1S/C14H26N2O3S2/c1-5-6-15-10-13-9-14(12(4)20-13)21(17,18)16-7-8-19-11(2)3/h9,11,15-16H,5-8,10H2,1-4H3. The zero-order valence-electron chi connectivity index (χ0n) is 13.2. The summed E-state index contributed by atoms with van der Waals surface area (Å²) >= 11 is 1.52. The molecule has 5 nitrogen and oxygen atoms in total. The first kappa shape index (κ1) is 18.6. The molecule has 0 atom stereocenters. The summed E-state index contributed by atoms with van der Waals surface area (Å²) in [6.07, 6.45) is 1.17. The summed E-state index contributed by atoms with van der Waals surface area (Å²) in [5.74, 6) is 0. The van der Waals surface area contributed by atoms with Crippen LogP contribution in [0.1, 0.15) is 36.9 Å². The molecule has 0 spiro atoms. The molecule has 0 bridgehead atoms. The predicted octanol–water partition coefficient (Wildman–Crippen LogP) is 2.26. The lowest BCUT2D eigenvalue weighted by atomic mass is 10.4. The monoisotopic (exact) mass is 334 g/mol. The molecule has 0 fully saturated rings. The van der Waals surface area contributed by atoms with E-state index >= 15 is 0 Å². The second-order valence-corrected chi connectivity index (χ2v) is 8.20. The number of aryl methyl sites for hydroxylation is 1. The number of thiophene rings is 1. The zero-order chi connectivity index (χ0) is 15.9. The van der Waals surface area contributed by atoms with E-state index in [4.69, 9.17) is 4.74 Å². The summed E-state index contributed by atoms with van der Waals surface area (Å²) in [7, 11) is -3.45. The van der Waals surface area contributed by atoms with Gasteiger partial charge in [0, 0.05) is 22.8 Å². The van der Waals surface area contributed by atoms with Gasteiger partial charge in [-0.25, -0.2) is 13.1 Å². The van der Waals surface area contributed by atoms with E-state index in [2.05, 4.69) is 17.0 Å². The van der Waals surface area contributed by atoms with Crippen molar-refractivity contribution in [3.05, 3.63) is 15.8 Å². The summed E-state index contributed by atoms with van der Waals surface area (Å²) in [6.45, 7) is 10.1. The molecule has 1 heterocycles. The van der Waals surface area contributed by atoms with E-state index in [9.17, 15) is 8.42 Å². The molecule has 21 heavy (non-hydrogen) atoms. The van der Waals surface area contributed by atoms with Gasteiger partial charge in [0.2, 0.25) is 10.0 Å². The Labute approximate surface area is 132 Å². The number of sulfonamides is 1. The molecule has 0 unspecified atom stereocenters. The molecule has 0 aliphatic rings. The lowest BCUT2D eigenvalue weighted by Gasteiger charge is -2.09. The molecule has 7 heteroatoms. The van der Waals surface area contributed by atoms with E-state index in [1.807, 2.05) is 20.8 Å². The van der Waals surface area contributed by atoms with E-state index in [1.54, 1.807) is 6.07 Å². The predicted molar refractivity (Wildman–Crippen MR) is 87.3 cm³/mol. The summed E-state index contributed by atoms with van der Waals surface area (Å²) < 4.78 is 32.4. The molecule has 1 rings (SSSR count). The maximum Gasteiger partial charge on any atom is 0.241 e. The Morgan fingerprint density at radius 1 is 1.33 bits per heavy atom. The Hall–Kier alpha value is -0.470. The highest BCUT2D eigenvalue weighted by molar-refractivity contribution is 7.89. The van der Waals surface area contributed by atoms with Crippen molar-refractivity contribution in [2.24, 2.45) is 0 Å². The number of nitrogens with one attached hydrogen (secondary N) is 2. The second kappa shape index (κ2) is 8.85. The molecule has 0 aliphatic heterocycles. The molecule has 0 saturated carbocycles. The van der Waals surface area contributed by atoms with Crippen molar-refractivity contribution >= 4 is 21.4 Å². The first-order chi connectivity index (χ1) is 9.86. The Morgan fingerprint density at radius 2 is 2.05 bits per heavy atom. The van der Waals surface area contributed by atoms with E-state index in [0.29, 0.717) is 24.6 Å². The molecule has 2 N–H and O–H groups in total. The molecular formula is C14H26N2O3S2. The lowest BCUT2D eigenvalue weighted by molar-refractivity contribution is 0.0834. The minimum atomic E-state index is -3.45. The molecule has 0 aromatic carbocycles. The molecule has 0 saturated heterocycles. The minimum Gasteiger partial charge on any atom is -0.377 e. The number of hydrogen-bond donors (Lipinski definition) is 2. The van der Waals surface area contributed by atoms with Gasteiger partial charge in [-0.2, -0.15) is 0 Å². The van der Waals surface area contributed by atoms with Crippen LogP contribution in [0.25, 0.3) is 0 Å². The van der Waals surface area contributed by atoms with Gasteiger partial charge in [-0.15, -0.1) is 11.3 Å².